The first-order valence-corrected chi connectivity index (χ1v) is 9.16. The number of aromatic nitrogens is 2. The smallest absolute Gasteiger partial charge is 0.175 e. The Labute approximate surface area is 129 Å². The second-order valence-corrected chi connectivity index (χ2v) is 7.61. The predicted molar refractivity (Wildman–Crippen MR) is 84.6 cm³/mol. The van der Waals surface area contributed by atoms with E-state index in [-0.39, 0.29) is 0 Å². The summed E-state index contributed by atoms with van der Waals surface area (Å²) >= 11 is 1.49. The van der Waals surface area contributed by atoms with E-state index in [2.05, 4.69) is 15.3 Å². The monoisotopic (exact) mass is 323 g/mol. The lowest BCUT2D eigenvalue weighted by Gasteiger charge is -2.09. The summed E-state index contributed by atoms with van der Waals surface area (Å²) in [5.74, 6) is 0.822. The lowest BCUT2D eigenvalue weighted by atomic mass is 10.3. The zero-order chi connectivity index (χ0) is 15.5. The maximum atomic E-state index is 11.4. The highest BCUT2D eigenvalue weighted by Crippen LogP contribution is 2.31. The number of hydrogen-bond donors (Lipinski definition) is 1. The van der Waals surface area contributed by atoms with E-state index in [0.29, 0.717) is 4.90 Å². The highest BCUT2D eigenvalue weighted by atomic mass is 32.2. The van der Waals surface area contributed by atoms with Gasteiger partial charge in [0, 0.05) is 23.3 Å². The molecule has 0 radical (unpaired) electrons. The lowest BCUT2D eigenvalue weighted by molar-refractivity contribution is 0.602. The quantitative estimate of drug-likeness (QED) is 0.853. The molecule has 112 valence electrons. The van der Waals surface area contributed by atoms with Gasteiger partial charge >= 0.3 is 0 Å². The van der Waals surface area contributed by atoms with Gasteiger partial charge in [-0.25, -0.2) is 18.4 Å². The Morgan fingerprint density at radius 2 is 1.86 bits per heavy atom. The van der Waals surface area contributed by atoms with E-state index in [0.717, 1.165) is 27.8 Å². The summed E-state index contributed by atoms with van der Waals surface area (Å²) < 4.78 is 22.9. The molecule has 0 saturated carbocycles. The molecule has 0 saturated heterocycles. The molecule has 0 atom stereocenters. The van der Waals surface area contributed by atoms with Crippen LogP contribution in [0.2, 0.25) is 0 Å². The molecule has 1 aromatic heterocycles. The summed E-state index contributed by atoms with van der Waals surface area (Å²) in [5, 5.41) is 4.04. The number of anilines is 1. The lowest BCUT2D eigenvalue weighted by Crippen LogP contribution is -2.03. The fraction of sp³-hybridized carbons (Fsp3) is 0.286. The first-order chi connectivity index (χ1) is 9.91. The molecular weight excluding hydrogens is 306 g/mol. The average Bonchev–Trinajstić information content (AvgIpc) is 2.43. The summed E-state index contributed by atoms with van der Waals surface area (Å²) in [4.78, 5) is 9.74. The van der Waals surface area contributed by atoms with Crippen LogP contribution in [0.25, 0.3) is 0 Å². The molecule has 21 heavy (non-hydrogen) atoms. The molecule has 0 aliphatic carbocycles. The molecule has 0 unspecified atom stereocenters. The van der Waals surface area contributed by atoms with E-state index in [1.165, 1.54) is 24.3 Å². The fourth-order valence-corrected chi connectivity index (χ4v) is 3.22. The molecule has 0 spiro atoms. The van der Waals surface area contributed by atoms with Crippen molar-refractivity contribution in [1.82, 2.24) is 9.97 Å². The van der Waals surface area contributed by atoms with Crippen molar-refractivity contribution in [3.63, 3.8) is 0 Å². The molecule has 1 aromatic carbocycles. The normalized spacial score (nSPS) is 11.4. The molecule has 0 bridgehead atoms. The minimum Gasteiger partial charge on any atom is -0.370 e. The minimum atomic E-state index is -3.16. The van der Waals surface area contributed by atoms with E-state index >= 15 is 0 Å². The first-order valence-electron chi connectivity index (χ1n) is 6.45. The first kappa shape index (κ1) is 15.8. The Balaban J connectivity index is 2.24. The molecule has 0 amide bonds. The van der Waals surface area contributed by atoms with E-state index in [1.54, 1.807) is 24.3 Å². The van der Waals surface area contributed by atoms with Gasteiger partial charge in [-0.3, -0.25) is 0 Å². The van der Waals surface area contributed by atoms with Crippen LogP contribution in [0.3, 0.4) is 0 Å². The standard InChI is InChI=1S/C14H17N3O2S2/c1-4-15-13-10(2)14(17-9-16-13)20-11-5-7-12(8-6-11)21(3,18)19/h5-9H,4H2,1-3H3,(H,15,16,17). The SMILES string of the molecule is CCNc1ncnc(Sc2ccc(S(C)(=O)=O)cc2)c1C. The fourth-order valence-electron chi connectivity index (χ4n) is 1.75. The number of hydrogen-bond acceptors (Lipinski definition) is 6. The third-order valence-corrected chi connectivity index (χ3v) is 5.09. The van der Waals surface area contributed by atoms with Crippen LogP contribution >= 0.6 is 11.8 Å². The molecule has 5 nitrogen and oxygen atoms in total. The average molecular weight is 323 g/mol. The van der Waals surface area contributed by atoms with Crippen LogP contribution in [0, 0.1) is 6.92 Å². The molecule has 0 aliphatic rings. The van der Waals surface area contributed by atoms with Gasteiger partial charge in [0.1, 0.15) is 17.2 Å². The van der Waals surface area contributed by atoms with E-state index in [9.17, 15) is 8.42 Å². The highest BCUT2D eigenvalue weighted by Gasteiger charge is 2.10. The van der Waals surface area contributed by atoms with Crippen LogP contribution in [0.4, 0.5) is 5.82 Å². The second kappa shape index (κ2) is 6.44. The van der Waals surface area contributed by atoms with Gasteiger partial charge in [0.25, 0.3) is 0 Å². The van der Waals surface area contributed by atoms with Gasteiger partial charge in [0.15, 0.2) is 9.84 Å². The second-order valence-electron chi connectivity index (χ2n) is 4.53. The van der Waals surface area contributed by atoms with Crippen molar-refractivity contribution in [2.24, 2.45) is 0 Å². The predicted octanol–water partition coefficient (Wildman–Crippen LogP) is 2.77. The molecule has 1 heterocycles. The van der Waals surface area contributed by atoms with Crippen LogP contribution in [0.5, 0.6) is 0 Å². The van der Waals surface area contributed by atoms with Crippen molar-refractivity contribution in [2.45, 2.75) is 28.7 Å². The van der Waals surface area contributed by atoms with Crippen LogP contribution in [0.1, 0.15) is 12.5 Å². The van der Waals surface area contributed by atoms with Crippen molar-refractivity contribution in [2.75, 3.05) is 18.1 Å². The van der Waals surface area contributed by atoms with Crippen LogP contribution in [-0.4, -0.2) is 31.2 Å². The maximum absolute atomic E-state index is 11.4. The van der Waals surface area contributed by atoms with Crippen molar-refractivity contribution in [3.8, 4) is 0 Å². The third-order valence-electron chi connectivity index (χ3n) is 2.85. The summed E-state index contributed by atoms with van der Waals surface area (Å²) in [5.41, 5.74) is 0.983. The molecular formula is C14H17N3O2S2. The van der Waals surface area contributed by atoms with Gasteiger partial charge in [-0.2, -0.15) is 0 Å². The Morgan fingerprint density at radius 3 is 2.43 bits per heavy atom. The summed E-state index contributed by atoms with van der Waals surface area (Å²) in [7, 11) is -3.16. The Morgan fingerprint density at radius 1 is 1.19 bits per heavy atom. The molecule has 2 rings (SSSR count). The molecule has 2 aromatic rings. The van der Waals surface area contributed by atoms with Crippen molar-refractivity contribution < 1.29 is 8.42 Å². The zero-order valence-electron chi connectivity index (χ0n) is 12.1. The zero-order valence-corrected chi connectivity index (χ0v) is 13.8. The number of nitrogens with zero attached hydrogens (tertiary/aromatic N) is 2. The van der Waals surface area contributed by atoms with E-state index < -0.39 is 9.84 Å². The van der Waals surface area contributed by atoms with E-state index in [1.807, 2.05) is 13.8 Å². The molecule has 7 heteroatoms. The van der Waals surface area contributed by atoms with Gasteiger partial charge < -0.3 is 5.32 Å². The van der Waals surface area contributed by atoms with Gasteiger partial charge in [-0.05, 0) is 38.1 Å². The molecule has 1 N–H and O–H groups in total. The van der Waals surface area contributed by atoms with Crippen molar-refractivity contribution in [3.05, 3.63) is 36.2 Å². The number of benzene rings is 1. The van der Waals surface area contributed by atoms with Gasteiger partial charge in [0.05, 0.1) is 4.90 Å². The van der Waals surface area contributed by atoms with Gasteiger partial charge in [0.2, 0.25) is 0 Å². The third kappa shape index (κ3) is 3.95. The maximum Gasteiger partial charge on any atom is 0.175 e. The Kier molecular flexibility index (Phi) is 4.84. The summed E-state index contributed by atoms with van der Waals surface area (Å²) in [6.45, 7) is 4.77. The molecule has 0 fully saturated rings. The Bertz CT molecular complexity index is 728. The van der Waals surface area contributed by atoms with Crippen LogP contribution in [0.15, 0.2) is 45.4 Å². The van der Waals surface area contributed by atoms with Crippen LogP contribution in [-0.2, 0) is 9.84 Å². The summed E-state index contributed by atoms with van der Waals surface area (Å²) in [6.07, 6.45) is 2.73. The van der Waals surface area contributed by atoms with Crippen LogP contribution < -0.4 is 5.32 Å². The largest absolute Gasteiger partial charge is 0.370 e. The summed E-state index contributed by atoms with van der Waals surface area (Å²) in [6, 6.07) is 6.80. The van der Waals surface area contributed by atoms with Crippen molar-refractivity contribution >= 4 is 27.4 Å². The number of sulfone groups is 1. The van der Waals surface area contributed by atoms with Gasteiger partial charge in [-0.1, -0.05) is 11.8 Å². The van der Waals surface area contributed by atoms with Gasteiger partial charge in [-0.15, -0.1) is 0 Å². The number of nitrogens with one attached hydrogen (secondary N) is 1. The van der Waals surface area contributed by atoms with Crippen molar-refractivity contribution in [1.29, 1.82) is 0 Å². The highest BCUT2D eigenvalue weighted by molar-refractivity contribution is 7.99. The molecule has 0 aliphatic heterocycles. The minimum absolute atomic E-state index is 0.319. The number of rotatable bonds is 5. The topological polar surface area (TPSA) is 72.0 Å². The Hall–Kier alpha value is -1.60. The van der Waals surface area contributed by atoms with E-state index in [4.69, 9.17) is 0 Å².